The minimum Gasteiger partial charge on any atom is -0.496 e. The van der Waals surface area contributed by atoms with Crippen LogP contribution in [0.1, 0.15) is 35.4 Å². The number of rotatable bonds is 2. The molecule has 0 amide bonds. The minimum atomic E-state index is 0. The molecule has 0 aromatic heterocycles. The predicted octanol–water partition coefficient (Wildman–Crippen LogP) is 3.20. The molecule has 1 aliphatic rings. The van der Waals surface area contributed by atoms with Crippen molar-refractivity contribution >= 4 is 12.4 Å². The maximum absolute atomic E-state index is 5.41. The van der Waals surface area contributed by atoms with Crippen molar-refractivity contribution in [2.45, 2.75) is 32.6 Å². The van der Waals surface area contributed by atoms with Gasteiger partial charge in [0.15, 0.2) is 0 Å². The quantitative estimate of drug-likeness (QED) is 0.876. The first kappa shape index (κ1) is 14.3. The van der Waals surface area contributed by atoms with Gasteiger partial charge in [-0.15, -0.1) is 12.4 Å². The van der Waals surface area contributed by atoms with E-state index in [-0.39, 0.29) is 12.4 Å². The Bertz CT molecular complexity index is 349. The van der Waals surface area contributed by atoms with Crippen molar-refractivity contribution in [2.75, 3.05) is 20.2 Å². The molecule has 1 saturated heterocycles. The summed E-state index contributed by atoms with van der Waals surface area (Å²) in [5.41, 5.74) is 4.00. The molecule has 1 aromatic carbocycles. The van der Waals surface area contributed by atoms with E-state index in [4.69, 9.17) is 4.74 Å². The van der Waals surface area contributed by atoms with Crippen LogP contribution >= 0.6 is 12.4 Å². The molecule has 1 heterocycles. The molecular formula is C14H22ClNO. The highest BCUT2D eigenvalue weighted by Gasteiger charge is 2.17. The zero-order valence-corrected chi connectivity index (χ0v) is 11.7. The van der Waals surface area contributed by atoms with E-state index in [2.05, 4.69) is 31.3 Å². The van der Waals surface area contributed by atoms with Gasteiger partial charge in [-0.2, -0.15) is 0 Å². The molecule has 0 atom stereocenters. The molecule has 3 heteroatoms. The number of benzene rings is 1. The number of piperidine rings is 1. The van der Waals surface area contributed by atoms with Crippen molar-refractivity contribution in [3.63, 3.8) is 0 Å². The third-order valence-corrected chi connectivity index (χ3v) is 3.50. The van der Waals surface area contributed by atoms with E-state index in [0.717, 1.165) is 24.8 Å². The fourth-order valence-corrected chi connectivity index (χ4v) is 2.70. The molecule has 1 fully saturated rings. The summed E-state index contributed by atoms with van der Waals surface area (Å²) in [5, 5.41) is 3.41. The third-order valence-electron chi connectivity index (χ3n) is 3.50. The highest BCUT2D eigenvalue weighted by atomic mass is 35.5. The van der Waals surface area contributed by atoms with Crippen LogP contribution in [0.2, 0.25) is 0 Å². The lowest BCUT2D eigenvalue weighted by atomic mass is 9.88. The number of ether oxygens (including phenoxy) is 1. The van der Waals surface area contributed by atoms with Gasteiger partial charge in [0, 0.05) is 0 Å². The van der Waals surface area contributed by atoms with E-state index in [1.165, 1.54) is 29.5 Å². The molecule has 2 nitrogen and oxygen atoms in total. The van der Waals surface area contributed by atoms with Crippen LogP contribution in [0.25, 0.3) is 0 Å². The smallest absolute Gasteiger partial charge is 0.124 e. The zero-order valence-electron chi connectivity index (χ0n) is 10.9. The molecule has 0 bridgehead atoms. The van der Waals surface area contributed by atoms with Gasteiger partial charge in [-0.05, 0) is 62.4 Å². The molecule has 0 saturated carbocycles. The van der Waals surface area contributed by atoms with Gasteiger partial charge in [-0.25, -0.2) is 0 Å². The van der Waals surface area contributed by atoms with Crippen molar-refractivity contribution in [2.24, 2.45) is 0 Å². The number of halogens is 1. The minimum absolute atomic E-state index is 0. The summed E-state index contributed by atoms with van der Waals surface area (Å²) < 4.78 is 5.41. The first-order chi connectivity index (χ1) is 7.72. The SMILES string of the molecule is COc1c(C)cc(C2CCNCC2)cc1C.Cl. The highest BCUT2D eigenvalue weighted by molar-refractivity contribution is 5.85. The van der Waals surface area contributed by atoms with E-state index >= 15 is 0 Å². The number of hydrogen-bond acceptors (Lipinski definition) is 2. The monoisotopic (exact) mass is 255 g/mol. The van der Waals surface area contributed by atoms with Gasteiger partial charge in [0.05, 0.1) is 7.11 Å². The Kier molecular flexibility index (Phi) is 5.29. The van der Waals surface area contributed by atoms with Gasteiger partial charge in [-0.1, -0.05) is 12.1 Å². The first-order valence-corrected chi connectivity index (χ1v) is 6.08. The third kappa shape index (κ3) is 3.14. The lowest BCUT2D eigenvalue weighted by Gasteiger charge is -2.24. The molecule has 2 rings (SSSR count). The zero-order chi connectivity index (χ0) is 11.5. The Hall–Kier alpha value is -0.730. The lowest BCUT2D eigenvalue weighted by molar-refractivity contribution is 0.407. The largest absolute Gasteiger partial charge is 0.496 e. The van der Waals surface area contributed by atoms with Crippen LogP contribution in [0.3, 0.4) is 0 Å². The normalized spacial score (nSPS) is 16.4. The van der Waals surface area contributed by atoms with Crippen LogP contribution in [-0.2, 0) is 0 Å². The average molecular weight is 256 g/mol. The maximum atomic E-state index is 5.41. The summed E-state index contributed by atoms with van der Waals surface area (Å²) in [5.74, 6) is 1.77. The van der Waals surface area contributed by atoms with E-state index in [1.807, 2.05) is 0 Å². The Morgan fingerprint density at radius 3 is 2.12 bits per heavy atom. The van der Waals surface area contributed by atoms with Gasteiger partial charge in [0.2, 0.25) is 0 Å². The molecule has 96 valence electrons. The molecule has 0 spiro atoms. The molecule has 0 unspecified atom stereocenters. The van der Waals surface area contributed by atoms with Gasteiger partial charge >= 0.3 is 0 Å². The van der Waals surface area contributed by atoms with Crippen LogP contribution in [0, 0.1) is 13.8 Å². The summed E-state index contributed by atoms with van der Waals surface area (Å²) in [6, 6.07) is 4.59. The molecule has 17 heavy (non-hydrogen) atoms. The van der Waals surface area contributed by atoms with Crippen LogP contribution in [0.5, 0.6) is 5.75 Å². The van der Waals surface area contributed by atoms with Crippen LogP contribution in [0.15, 0.2) is 12.1 Å². The summed E-state index contributed by atoms with van der Waals surface area (Å²) in [7, 11) is 1.75. The average Bonchev–Trinajstić information content (AvgIpc) is 2.30. The molecule has 1 aliphatic heterocycles. The predicted molar refractivity (Wildman–Crippen MR) is 74.6 cm³/mol. The summed E-state index contributed by atoms with van der Waals surface area (Å²) >= 11 is 0. The van der Waals surface area contributed by atoms with Crippen molar-refractivity contribution in [1.82, 2.24) is 5.32 Å². The second kappa shape index (κ2) is 6.27. The van der Waals surface area contributed by atoms with Gasteiger partial charge in [-0.3, -0.25) is 0 Å². The van der Waals surface area contributed by atoms with E-state index in [9.17, 15) is 0 Å². The highest BCUT2D eigenvalue weighted by Crippen LogP contribution is 2.31. The van der Waals surface area contributed by atoms with Crippen LogP contribution in [-0.4, -0.2) is 20.2 Å². The number of aryl methyl sites for hydroxylation is 2. The number of hydrogen-bond donors (Lipinski definition) is 1. The van der Waals surface area contributed by atoms with Gasteiger partial charge in [0.25, 0.3) is 0 Å². The molecule has 0 radical (unpaired) electrons. The topological polar surface area (TPSA) is 21.3 Å². The van der Waals surface area contributed by atoms with Crippen molar-refractivity contribution in [3.05, 3.63) is 28.8 Å². The Morgan fingerprint density at radius 2 is 1.65 bits per heavy atom. The second-order valence-corrected chi connectivity index (χ2v) is 4.71. The fraction of sp³-hybridized carbons (Fsp3) is 0.571. The van der Waals surface area contributed by atoms with Crippen molar-refractivity contribution in [3.8, 4) is 5.75 Å². The number of methoxy groups -OCH3 is 1. The van der Waals surface area contributed by atoms with Gasteiger partial charge in [0.1, 0.15) is 5.75 Å². The van der Waals surface area contributed by atoms with E-state index in [1.54, 1.807) is 7.11 Å². The van der Waals surface area contributed by atoms with Crippen molar-refractivity contribution in [1.29, 1.82) is 0 Å². The molecular weight excluding hydrogens is 234 g/mol. The Balaban J connectivity index is 0.00000144. The standard InChI is InChI=1S/C14H21NO.ClH/c1-10-8-13(9-11(2)14(10)16-3)12-4-6-15-7-5-12;/h8-9,12,15H,4-7H2,1-3H3;1H. The maximum Gasteiger partial charge on any atom is 0.124 e. The van der Waals surface area contributed by atoms with Gasteiger partial charge < -0.3 is 10.1 Å². The van der Waals surface area contributed by atoms with Crippen LogP contribution < -0.4 is 10.1 Å². The number of nitrogens with one attached hydrogen (secondary N) is 1. The molecule has 0 aliphatic carbocycles. The lowest BCUT2D eigenvalue weighted by Crippen LogP contribution is -2.26. The molecule has 1 aromatic rings. The van der Waals surface area contributed by atoms with Crippen LogP contribution in [0.4, 0.5) is 0 Å². The fourth-order valence-electron chi connectivity index (χ4n) is 2.70. The summed E-state index contributed by atoms with van der Waals surface area (Å²) in [4.78, 5) is 0. The Labute approximate surface area is 110 Å². The van der Waals surface area contributed by atoms with Crippen molar-refractivity contribution < 1.29 is 4.74 Å². The first-order valence-electron chi connectivity index (χ1n) is 6.08. The van der Waals surface area contributed by atoms with E-state index < -0.39 is 0 Å². The summed E-state index contributed by atoms with van der Waals surface area (Å²) in [6.07, 6.45) is 2.51. The molecule has 1 N–H and O–H groups in total. The Morgan fingerprint density at radius 1 is 1.12 bits per heavy atom. The summed E-state index contributed by atoms with van der Waals surface area (Å²) in [6.45, 7) is 6.57. The second-order valence-electron chi connectivity index (χ2n) is 4.71. The van der Waals surface area contributed by atoms with E-state index in [0.29, 0.717) is 0 Å².